The van der Waals surface area contributed by atoms with Gasteiger partial charge in [0.05, 0.1) is 25.8 Å². The number of aromatic nitrogens is 3. The zero-order valence-electron chi connectivity index (χ0n) is 19.1. The number of nitrogens with one attached hydrogen (secondary N) is 1. The van der Waals surface area contributed by atoms with E-state index < -0.39 is 23.0 Å². The van der Waals surface area contributed by atoms with Crippen LogP contribution < -0.4 is 10.1 Å². The summed E-state index contributed by atoms with van der Waals surface area (Å²) < 4.78 is 50.7. The number of carbonyl (C=O) groups excluding carboxylic acids is 2. The van der Waals surface area contributed by atoms with Crippen LogP contribution >= 0.6 is 11.8 Å². The first-order valence-corrected chi connectivity index (χ1v) is 11.4. The van der Waals surface area contributed by atoms with E-state index >= 15 is 0 Å². The van der Waals surface area contributed by atoms with Crippen LogP contribution in [0.2, 0.25) is 0 Å². The molecule has 1 aromatic heterocycles. The molecule has 0 bridgehead atoms. The maximum atomic E-state index is 13.0. The lowest BCUT2D eigenvalue weighted by Gasteiger charge is -2.14. The molecule has 12 heteroatoms. The van der Waals surface area contributed by atoms with Gasteiger partial charge < -0.3 is 14.8 Å². The lowest BCUT2D eigenvalue weighted by molar-refractivity contribution is -0.142. The number of amides is 1. The highest BCUT2D eigenvalue weighted by molar-refractivity contribution is 8.00. The number of rotatable bonds is 9. The maximum absolute atomic E-state index is 13.0. The first kappa shape index (κ1) is 26.1. The van der Waals surface area contributed by atoms with E-state index in [4.69, 9.17) is 9.47 Å². The Labute approximate surface area is 203 Å². The van der Waals surface area contributed by atoms with E-state index in [0.29, 0.717) is 17.0 Å². The molecule has 1 amide bonds. The van der Waals surface area contributed by atoms with Crippen molar-refractivity contribution in [3.8, 4) is 11.4 Å². The molecule has 1 N–H and O–H groups in total. The van der Waals surface area contributed by atoms with Crippen molar-refractivity contribution in [2.24, 2.45) is 0 Å². The zero-order chi connectivity index (χ0) is 25.6. The molecule has 8 nitrogen and oxygen atoms in total. The Kier molecular flexibility index (Phi) is 8.39. The van der Waals surface area contributed by atoms with Crippen molar-refractivity contribution in [1.82, 2.24) is 20.1 Å². The van der Waals surface area contributed by atoms with E-state index in [1.807, 2.05) is 0 Å². The molecule has 3 rings (SSSR count). The largest absolute Gasteiger partial charge is 0.497 e. The highest BCUT2D eigenvalue weighted by Gasteiger charge is 2.30. The van der Waals surface area contributed by atoms with Crippen molar-refractivity contribution < 1.29 is 32.2 Å². The van der Waals surface area contributed by atoms with Crippen LogP contribution in [0.3, 0.4) is 0 Å². The van der Waals surface area contributed by atoms with Gasteiger partial charge in [0.25, 0.3) is 5.91 Å². The molecule has 0 saturated carbocycles. The fourth-order valence-corrected chi connectivity index (χ4v) is 3.90. The second-order valence-electron chi connectivity index (χ2n) is 7.20. The van der Waals surface area contributed by atoms with E-state index in [-0.39, 0.29) is 30.0 Å². The number of benzene rings is 2. The maximum Gasteiger partial charge on any atom is 0.416 e. The fraction of sp³-hybridized carbons (Fsp3) is 0.304. The van der Waals surface area contributed by atoms with Crippen molar-refractivity contribution >= 4 is 23.6 Å². The average Bonchev–Trinajstić information content (AvgIpc) is 3.24. The van der Waals surface area contributed by atoms with Gasteiger partial charge in [0.15, 0.2) is 11.0 Å². The Morgan fingerprint density at radius 2 is 1.74 bits per heavy atom. The van der Waals surface area contributed by atoms with Gasteiger partial charge in [-0.15, -0.1) is 10.2 Å². The van der Waals surface area contributed by atoms with Gasteiger partial charge in [0, 0.05) is 11.3 Å². The summed E-state index contributed by atoms with van der Waals surface area (Å²) in [5.74, 6) is 0.0173. The highest BCUT2D eigenvalue weighted by Crippen LogP contribution is 2.31. The molecule has 1 heterocycles. The lowest BCUT2D eigenvalue weighted by atomic mass is 10.2. The average molecular weight is 509 g/mol. The van der Waals surface area contributed by atoms with Crippen LogP contribution in [-0.2, 0) is 22.3 Å². The smallest absolute Gasteiger partial charge is 0.416 e. The number of halogens is 3. The molecule has 0 aliphatic heterocycles. The number of hydrogen-bond acceptors (Lipinski definition) is 7. The second kappa shape index (κ2) is 11.3. The van der Waals surface area contributed by atoms with Crippen LogP contribution in [0, 0.1) is 0 Å². The number of alkyl halides is 3. The Bertz CT molecular complexity index is 1170. The summed E-state index contributed by atoms with van der Waals surface area (Å²) >= 11 is 1.04. The van der Waals surface area contributed by atoms with Crippen LogP contribution in [0.25, 0.3) is 5.69 Å². The summed E-state index contributed by atoms with van der Waals surface area (Å²) in [6.45, 7) is 3.45. The molecule has 186 valence electrons. The fourth-order valence-electron chi connectivity index (χ4n) is 3.02. The summed E-state index contributed by atoms with van der Waals surface area (Å²) in [5, 5.41) is 10.5. The summed E-state index contributed by atoms with van der Waals surface area (Å²) in [5.41, 5.74) is -0.0787. The van der Waals surface area contributed by atoms with Crippen molar-refractivity contribution in [2.75, 3.05) is 13.7 Å². The van der Waals surface area contributed by atoms with E-state index in [1.54, 1.807) is 38.1 Å². The first-order valence-electron chi connectivity index (χ1n) is 10.5. The predicted octanol–water partition coefficient (Wildman–Crippen LogP) is 4.27. The van der Waals surface area contributed by atoms with E-state index in [1.165, 1.54) is 23.8 Å². The van der Waals surface area contributed by atoms with Gasteiger partial charge in [-0.25, -0.2) is 0 Å². The Morgan fingerprint density at radius 3 is 2.31 bits per heavy atom. The predicted molar refractivity (Wildman–Crippen MR) is 122 cm³/mol. The molecule has 0 radical (unpaired) electrons. The SMILES string of the molecule is CCOC(=O)C(C)Sc1nnc(CNC(=O)c2ccc(OC)cc2)n1-c1ccc(C(F)(F)F)cc1. The van der Waals surface area contributed by atoms with Crippen LogP contribution in [-0.4, -0.2) is 45.6 Å². The van der Waals surface area contributed by atoms with E-state index in [2.05, 4.69) is 15.5 Å². The molecule has 1 atom stereocenters. The molecular weight excluding hydrogens is 485 g/mol. The standard InChI is InChI=1S/C23H23F3N4O4S/c1-4-34-21(32)14(2)35-22-29-28-19(13-27-20(31)15-5-11-18(33-3)12-6-15)30(22)17-9-7-16(8-10-17)23(24,25)26/h5-12,14H,4,13H2,1-3H3,(H,27,31). The Morgan fingerprint density at radius 1 is 1.09 bits per heavy atom. The summed E-state index contributed by atoms with van der Waals surface area (Å²) in [6.07, 6.45) is -4.49. The van der Waals surface area contributed by atoms with Crippen LogP contribution in [0.5, 0.6) is 5.75 Å². The third-order valence-electron chi connectivity index (χ3n) is 4.81. The van der Waals surface area contributed by atoms with Crippen molar-refractivity contribution in [2.45, 2.75) is 37.0 Å². The van der Waals surface area contributed by atoms with Gasteiger partial charge in [-0.2, -0.15) is 13.2 Å². The normalized spacial score (nSPS) is 12.2. The number of nitrogens with zero attached hydrogens (tertiary/aromatic N) is 3. The minimum absolute atomic E-state index is 0.0623. The molecular formula is C23H23F3N4O4S. The summed E-state index contributed by atoms with van der Waals surface area (Å²) in [6, 6.07) is 10.9. The van der Waals surface area contributed by atoms with E-state index in [9.17, 15) is 22.8 Å². The topological polar surface area (TPSA) is 95.3 Å². The van der Waals surface area contributed by atoms with Gasteiger partial charge in [-0.1, -0.05) is 11.8 Å². The van der Waals surface area contributed by atoms with Crippen LogP contribution in [0.15, 0.2) is 53.7 Å². The quantitative estimate of drug-likeness (QED) is 0.341. The monoisotopic (exact) mass is 508 g/mol. The number of carbonyl (C=O) groups is 2. The zero-order valence-corrected chi connectivity index (χ0v) is 19.9. The number of thioether (sulfide) groups is 1. The molecule has 35 heavy (non-hydrogen) atoms. The number of hydrogen-bond donors (Lipinski definition) is 1. The first-order chi connectivity index (χ1) is 16.6. The molecule has 2 aromatic carbocycles. The highest BCUT2D eigenvalue weighted by atomic mass is 32.2. The summed E-state index contributed by atoms with van der Waals surface area (Å²) in [4.78, 5) is 24.6. The second-order valence-corrected chi connectivity index (χ2v) is 8.51. The number of methoxy groups -OCH3 is 1. The van der Waals surface area contributed by atoms with Gasteiger partial charge in [0.1, 0.15) is 11.0 Å². The summed E-state index contributed by atoms with van der Waals surface area (Å²) in [7, 11) is 1.52. The van der Waals surface area contributed by atoms with Crippen LogP contribution in [0.4, 0.5) is 13.2 Å². The molecule has 1 unspecified atom stereocenters. The number of ether oxygens (including phenoxy) is 2. The van der Waals surface area contributed by atoms with Gasteiger partial charge in [0.2, 0.25) is 0 Å². The molecule has 0 saturated heterocycles. The Hall–Kier alpha value is -3.54. The molecule has 0 aliphatic rings. The van der Waals surface area contributed by atoms with Crippen molar-refractivity contribution in [1.29, 1.82) is 0 Å². The third kappa shape index (κ3) is 6.53. The number of esters is 1. The van der Waals surface area contributed by atoms with E-state index in [0.717, 1.165) is 23.9 Å². The van der Waals surface area contributed by atoms with Crippen molar-refractivity contribution in [3.05, 3.63) is 65.5 Å². The molecule has 0 aliphatic carbocycles. The third-order valence-corrected chi connectivity index (χ3v) is 5.83. The minimum Gasteiger partial charge on any atom is -0.497 e. The molecule has 3 aromatic rings. The van der Waals surface area contributed by atoms with Gasteiger partial charge in [-0.3, -0.25) is 14.2 Å². The van der Waals surface area contributed by atoms with Crippen molar-refractivity contribution in [3.63, 3.8) is 0 Å². The van der Waals surface area contributed by atoms with Crippen LogP contribution in [0.1, 0.15) is 35.6 Å². The lowest BCUT2D eigenvalue weighted by Crippen LogP contribution is -2.24. The van der Waals surface area contributed by atoms with Gasteiger partial charge in [-0.05, 0) is 62.4 Å². The minimum atomic E-state index is -4.49. The molecule has 0 fully saturated rings. The molecule has 0 spiro atoms. The Balaban J connectivity index is 1.88. The van der Waals surface area contributed by atoms with Gasteiger partial charge >= 0.3 is 12.1 Å².